The number of nitrogens with zero attached hydrogens (tertiary/aromatic N) is 3. The van der Waals surface area contributed by atoms with Crippen LogP contribution in [0.25, 0.3) is 0 Å². The van der Waals surface area contributed by atoms with Gasteiger partial charge >= 0.3 is 0 Å². The normalized spacial score (nSPS) is 20.1. The van der Waals surface area contributed by atoms with E-state index in [1.54, 1.807) is 38.2 Å². The van der Waals surface area contributed by atoms with Gasteiger partial charge in [-0.15, -0.1) is 0 Å². The van der Waals surface area contributed by atoms with Crippen molar-refractivity contribution >= 4 is 34.8 Å². The van der Waals surface area contributed by atoms with Crippen LogP contribution in [0.5, 0.6) is 0 Å². The Morgan fingerprint density at radius 1 is 1.28 bits per heavy atom. The second-order valence-electron chi connectivity index (χ2n) is 8.47. The van der Waals surface area contributed by atoms with Gasteiger partial charge in [-0.3, -0.25) is 9.78 Å². The lowest BCUT2D eigenvalue weighted by Crippen LogP contribution is -2.47. The van der Waals surface area contributed by atoms with E-state index in [1.807, 2.05) is 11.0 Å². The Hall–Kier alpha value is -1.82. The highest BCUT2D eigenvalue weighted by molar-refractivity contribution is 6.34. The van der Waals surface area contributed by atoms with Crippen molar-refractivity contribution in [1.29, 1.82) is 0 Å². The number of aromatic nitrogens is 1. The Bertz CT molecular complexity index is 914. The quantitative estimate of drug-likeness (QED) is 0.775. The van der Waals surface area contributed by atoms with Crippen molar-refractivity contribution in [3.8, 4) is 0 Å². The number of carbonyl (C=O) groups excluding carboxylic acids is 1. The summed E-state index contributed by atoms with van der Waals surface area (Å²) in [7, 11) is 0. The first-order chi connectivity index (χ1) is 13.8. The van der Waals surface area contributed by atoms with Crippen molar-refractivity contribution in [3.05, 3.63) is 57.8 Å². The molecule has 7 heteroatoms. The summed E-state index contributed by atoms with van der Waals surface area (Å²) in [5.74, 6) is -0.105. The minimum Gasteiger partial charge on any atom is -0.387 e. The van der Waals surface area contributed by atoms with E-state index in [-0.39, 0.29) is 11.9 Å². The molecule has 1 aromatic heterocycles. The van der Waals surface area contributed by atoms with Gasteiger partial charge in [0.05, 0.1) is 29.4 Å². The molecule has 154 valence electrons. The number of rotatable bonds is 3. The second kappa shape index (κ2) is 7.78. The number of benzene rings is 1. The molecule has 5 nitrogen and oxygen atoms in total. The van der Waals surface area contributed by atoms with Gasteiger partial charge in [0.25, 0.3) is 0 Å². The van der Waals surface area contributed by atoms with Crippen LogP contribution in [0.4, 0.5) is 5.69 Å². The zero-order valence-corrected chi connectivity index (χ0v) is 18.1. The highest BCUT2D eigenvalue weighted by atomic mass is 35.5. The summed E-state index contributed by atoms with van der Waals surface area (Å²) in [6, 6.07) is 9.24. The summed E-state index contributed by atoms with van der Waals surface area (Å²) in [4.78, 5) is 22.4. The SMILES string of the molecule is CC(C)(C(=O)N1Cc2ncccc2N2CCC[C@H]2C1)C(O)c1cc(Cl)cc(Cl)c1. The Morgan fingerprint density at radius 3 is 2.72 bits per heavy atom. The summed E-state index contributed by atoms with van der Waals surface area (Å²) in [5.41, 5.74) is 1.51. The lowest BCUT2D eigenvalue weighted by Gasteiger charge is -2.36. The third-order valence-corrected chi connectivity index (χ3v) is 6.48. The average Bonchev–Trinajstić information content (AvgIpc) is 3.07. The molecule has 1 aromatic carbocycles. The molecule has 3 heterocycles. The fourth-order valence-corrected chi connectivity index (χ4v) is 5.03. The van der Waals surface area contributed by atoms with Gasteiger partial charge in [-0.25, -0.2) is 0 Å². The van der Waals surface area contributed by atoms with Crippen LogP contribution in [0.1, 0.15) is 44.1 Å². The Morgan fingerprint density at radius 2 is 2.00 bits per heavy atom. The smallest absolute Gasteiger partial charge is 0.231 e. The maximum absolute atomic E-state index is 13.6. The lowest BCUT2D eigenvalue weighted by atomic mass is 9.81. The van der Waals surface area contributed by atoms with Crippen LogP contribution in [0.3, 0.4) is 0 Å². The molecule has 4 rings (SSSR count). The molecular weight excluding hydrogens is 409 g/mol. The first kappa shape index (κ1) is 20.5. The van der Waals surface area contributed by atoms with Crippen LogP contribution >= 0.6 is 23.2 Å². The lowest BCUT2D eigenvalue weighted by molar-refractivity contribution is -0.148. The zero-order valence-electron chi connectivity index (χ0n) is 16.6. The van der Waals surface area contributed by atoms with Crippen molar-refractivity contribution in [3.63, 3.8) is 0 Å². The fraction of sp³-hybridized carbons (Fsp3) is 0.455. The maximum Gasteiger partial charge on any atom is 0.231 e. The van der Waals surface area contributed by atoms with E-state index in [4.69, 9.17) is 23.2 Å². The molecule has 29 heavy (non-hydrogen) atoms. The third-order valence-electron chi connectivity index (χ3n) is 6.05. The number of fused-ring (bicyclic) bond motifs is 3. The van der Waals surface area contributed by atoms with Crippen molar-refractivity contribution in [2.75, 3.05) is 18.0 Å². The van der Waals surface area contributed by atoms with Gasteiger partial charge in [-0.2, -0.15) is 0 Å². The van der Waals surface area contributed by atoms with Crippen LogP contribution in [0.15, 0.2) is 36.5 Å². The van der Waals surface area contributed by atoms with Gasteiger partial charge in [-0.05, 0) is 62.6 Å². The molecule has 0 bridgehead atoms. The van der Waals surface area contributed by atoms with Gasteiger partial charge in [-0.1, -0.05) is 23.2 Å². The van der Waals surface area contributed by atoms with Crippen LogP contribution in [-0.4, -0.2) is 40.0 Å². The van der Waals surface area contributed by atoms with E-state index in [2.05, 4.69) is 16.0 Å². The molecule has 2 aliphatic heterocycles. The monoisotopic (exact) mass is 433 g/mol. The predicted octanol–water partition coefficient (Wildman–Crippen LogP) is 4.46. The summed E-state index contributed by atoms with van der Waals surface area (Å²) in [6.07, 6.45) is 2.89. The van der Waals surface area contributed by atoms with Gasteiger partial charge in [0, 0.05) is 35.4 Å². The number of amides is 1. The molecule has 1 saturated heterocycles. The third kappa shape index (κ3) is 3.83. The Labute approximate surface area is 181 Å². The first-order valence-electron chi connectivity index (χ1n) is 9.91. The van der Waals surface area contributed by atoms with Crippen molar-refractivity contribution in [2.24, 2.45) is 5.41 Å². The molecule has 0 spiro atoms. The van der Waals surface area contributed by atoms with Gasteiger partial charge in [0.1, 0.15) is 0 Å². The van der Waals surface area contributed by atoms with E-state index in [0.29, 0.717) is 28.7 Å². The summed E-state index contributed by atoms with van der Waals surface area (Å²) < 4.78 is 0. The van der Waals surface area contributed by atoms with Gasteiger partial charge < -0.3 is 14.9 Å². The molecule has 1 N–H and O–H groups in total. The Kier molecular flexibility index (Phi) is 5.49. The highest BCUT2D eigenvalue weighted by Gasteiger charge is 2.42. The fourth-order valence-electron chi connectivity index (χ4n) is 4.48. The maximum atomic E-state index is 13.6. The molecule has 1 unspecified atom stereocenters. The summed E-state index contributed by atoms with van der Waals surface area (Å²) >= 11 is 12.2. The van der Waals surface area contributed by atoms with E-state index in [0.717, 1.165) is 30.8 Å². The minimum atomic E-state index is -1.04. The summed E-state index contributed by atoms with van der Waals surface area (Å²) in [6.45, 7) is 5.59. The number of carbonyl (C=O) groups is 1. The molecule has 2 aliphatic rings. The molecule has 2 aromatic rings. The number of hydrogen-bond acceptors (Lipinski definition) is 4. The number of hydrogen-bond donors (Lipinski definition) is 1. The number of aliphatic hydroxyl groups is 1. The number of anilines is 1. The van der Waals surface area contributed by atoms with Crippen LogP contribution in [0.2, 0.25) is 10.0 Å². The molecule has 0 aliphatic carbocycles. The molecule has 2 atom stereocenters. The van der Waals surface area contributed by atoms with E-state index in [1.165, 1.54) is 0 Å². The zero-order chi connectivity index (χ0) is 20.8. The number of aliphatic hydroxyl groups excluding tert-OH is 1. The van der Waals surface area contributed by atoms with Crippen molar-refractivity contribution in [1.82, 2.24) is 9.88 Å². The standard InChI is InChI=1S/C22H25Cl2N3O2/c1-22(2,20(28)14-9-15(23)11-16(24)10-14)21(29)26-12-17-5-4-8-27(17)19-6-3-7-25-18(19)13-26/h3,6-7,9-11,17,20,28H,4-5,8,12-13H2,1-2H3/t17-,20?/m0/s1. The van der Waals surface area contributed by atoms with Gasteiger partial charge in [0.2, 0.25) is 5.91 Å². The second-order valence-corrected chi connectivity index (χ2v) is 9.34. The molecular formula is C22H25Cl2N3O2. The molecule has 0 radical (unpaired) electrons. The van der Waals surface area contributed by atoms with Gasteiger partial charge in [0.15, 0.2) is 0 Å². The minimum absolute atomic E-state index is 0.105. The average molecular weight is 434 g/mol. The van der Waals surface area contributed by atoms with E-state index < -0.39 is 11.5 Å². The highest BCUT2D eigenvalue weighted by Crippen LogP contribution is 2.39. The van der Waals surface area contributed by atoms with E-state index >= 15 is 0 Å². The topological polar surface area (TPSA) is 56.7 Å². The number of halogens is 2. The Balaban J connectivity index is 1.64. The van der Waals surface area contributed by atoms with Crippen molar-refractivity contribution in [2.45, 2.75) is 45.4 Å². The molecule has 1 amide bonds. The largest absolute Gasteiger partial charge is 0.387 e. The van der Waals surface area contributed by atoms with Crippen LogP contribution in [-0.2, 0) is 11.3 Å². The molecule has 0 saturated carbocycles. The molecule has 1 fully saturated rings. The first-order valence-corrected chi connectivity index (χ1v) is 10.7. The number of pyridine rings is 1. The van der Waals surface area contributed by atoms with Crippen LogP contribution in [0, 0.1) is 5.41 Å². The van der Waals surface area contributed by atoms with Crippen LogP contribution < -0.4 is 4.90 Å². The van der Waals surface area contributed by atoms with Crippen molar-refractivity contribution < 1.29 is 9.90 Å². The van der Waals surface area contributed by atoms with E-state index in [9.17, 15) is 9.90 Å². The summed E-state index contributed by atoms with van der Waals surface area (Å²) in [5, 5.41) is 11.9. The predicted molar refractivity (Wildman–Crippen MR) is 115 cm³/mol.